The summed E-state index contributed by atoms with van der Waals surface area (Å²) in [5.41, 5.74) is 15.7. The van der Waals surface area contributed by atoms with Crippen molar-refractivity contribution in [3.8, 4) is 44.5 Å². The monoisotopic (exact) mass is 672 g/mol. The molecule has 0 spiro atoms. The Bertz CT molecular complexity index is 2650. The van der Waals surface area contributed by atoms with E-state index in [1.165, 1.54) is 0 Å². The lowest BCUT2D eigenvalue weighted by Gasteiger charge is -2.13. The normalized spacial score (nSPS) is 12.2. The Morgan fingerprint density at radius 3 is 1.29 bits per heavy atom. The van der Waals surface area contributed by atoms with Crippen LogP contribution in [0.5, 0.6) is 0 Å². The van der Waals surface area contributed by atoms with Gasteiger partial charge in [-0.2, -0.15) is 0 Å². The molecule has 52 heavy (non-hydrogen) atoms. The van der Waals surface area contributed by atoms with E-state index in [-0.39, 0.29) is 6.10 Å². The van der Waals surface area contributed by atoms with Crippen molar-refractivity contribution in [3.05, 3.63) is 169 Å². The molecule has 0 saturated carbocycles. The molecule has 4 aromatic carbocycles. The predicted molar refractivity (Wildman–Crippen MR) is 216 cm³/mol. The SMILES string of the molecule is CC(C)OC1=Nc2cc1c(-c1ccccc1)c1ccc([nH]1)c(-c1ccccc1)c1nc(c(-c3ccccc3)c3ccc([nH]3)c2-c2ccccc2)C=C1. The molecule has 5 heteroatoms. The van der Waals surface area contributed by atoms with Crippen LogP contribution in [0.15, 0.2) is 157 Å². The fourth-order valence-corrected chi connectivity index (χ4v) is 7.23. The van der Waals surface area contributed by atoms with Crippen LogP contribution in [0.1, 0.15) is 30.8 Å². The van der Waals surface area contributed by atoms with E-state index in [1.54, 1.807) is 0 Å². The average molecular weight is 673 g/mol. The second-order valence-electron chi connectivity index (χ2n) is 13.3. The van der Waals surface area contributed by atoms with Gasteiger partial charge in [-0.15, -0.1) is 0 Å². The molecule has 3 aromatic heterocycles. The first-order valence-electron chi connectivity index (χ1n) is 17.7. The average Bonchev–Trinajstić information content (AvgIpc) is 4.01. The van der Waals surface area contributed by atoms with Gasteiger partial charge < -0.3 is 14.7 Å². The molecule has 0 atom stereocenters. The predicted octanol–water partition coefficient (Wildman–Crippen LogP) is 12.3. The van der Waals surface area contributed by atoms with Gasteiger partial charge in [0.05, 0.1) is 23.2 Å². The van der Waals surface area contributed by atoms with Gasteiger partial charge in [-0.25, -0.2) is 9.98 Å². The van der Waals surface area contributed by atoms with Crippen molar-refractivity contribution in [2.24, 2.45) is 4.99 Å². The molecule has 2 aliphatic rings. The van der Waals surface area contributed by atoms with Crippen molar-refractivity contribution in [1.82, 2.24) is 15.0 Å². The number of rotatable bonds is 5. The minimum absolute atomic E-state index is 0.0810. The van der Waals surface area contributed by atoms with Crippen molar-refractivity contribution < 1.29 is 4.74 Å². The smallest absolute Gasteiger partial charge is 0.222 e. The minimum atomic E-state index is -0.0810. The topological polar surface area (TPSA) is 66.1 Å². The van der Waals surface area contributed by atoms with Gasteiger partial charge in [0.25, 0.3) is 0 Å². The summed E-state index contributed by atoms with van der Waals surface area (Å²) in [5.74, 6) is 0.593. The summed E-state index contributed by atoms with van der Waals surface area (Å²) in [7, 11) is 0. The number of aromatic amines is 2. The van der Waals surface area contributed by atoms with Crippen molar-refractivity contribution >= 4 is 45.8 Å². The zero-order valence-corrected chi connectivity index (χ0v) is 29.0. The number of ether oxygens (including phenoxy) is 1. The summed E-state index contributed by atoms with van der Waals surface area (Å²) in [4.78, 5) is 18.3. The maximum atomic E-state index is 6.56. The third kappa shape index (κ3) is 5.72. The third-order valence-corrected chi connectivity index (χ3v) is 9.46. The molecule has 0 unspecified atom stereocenters. The van der Waals surface area contributed by atoms with Crippen LogP contribution in [0.25, 0.3) is 78.7 Å². The first kappa shape index (κ1) is 31.3. The first-order chi connectivity index (χ1) is 25.6. The number of aromatic nitrogens is 3. The van der Waals surface area contributed by atoms with Crippen molar-refractivity contribution in [3.63, 3.8) is 0 Å². The van der Waals surface area contributed by atoms with Gasteiger partial charge in [0.15, 0.2) is 0 Å². The van der Waals surface area contributed by atoms with Gasteiger partial charge in [-0.1, -0.05) is 121 Å². The van der Waals surface area contributed by atoms with E-state index < -0.39 is 0 Å². The lowest BCUT2D eigenvalue weighted by molar-refractivity contribution is 0.230. The highest BCUT2D eigenvalue weighted by atomic mass is 16.5. The van der Waals surface area contributed by atoms with E-state index in [2.05, 4.69) is 150 Å². The molecule has 0 radical (unpaired) electrons. The molecule has 0 fully saturated rings. The highest BCUT2D eigenvalue weighted by Gasteiger charge is 2.23. The number of nitrogens with one attached hydrogen (secondary N) is 2. The van der Waals surface area contributed by atoms with Gasteiger partial charge in [0, 0.05) is 49.9 Å². The summed E-state index contributed by atoms with van der Waals surface area (Å²) in [6, 6.07) is 52.7. The number of benzene rings is 4. The van der Waals surface area contributed by atoms with Crippen LogP contribution in [0.4, 0.5) is 5.69 Å². The Morgan fingerprint density at radius 2 is 0.846 bits per heavy atom. The lowest BCUT2D eigenvalue weighted by Crippen LogP contribution is -2.11. The Hall–Kier alpha value is -6.72. The van der Waals surface area contributed by atoms with Gasteiger partial charge in [0.2, 0.25) is 5.90 Å². The molecule has 0 amide bonds. The van der Waals surface area contributed by atoms with Gasteiger partial charge in [-0.05, 0) is 78.6 Å². The van der Waals surface area contributed by atoms with E-state index in [9.17, 15) is 0 Å². The van der Waals surface area contributed by atoms with Crippen LogP contribution in [0.2, 0.25) is 0 Å². The number of aliphatic imine (C=N–C) groups is 1. The quantitative estimate of drug-likeness (QED) is 0.191. The summed E-state index contributed by atoms with van der Waals surface area (Å²) in [5, 5.41) is 0. The van der Waals surface area contributed by atoms with Crippen LogP contribution in [0, 0.1) is 0 Å². The van der Waals surface area contributed by atoms with Gasteiger partial charge in [-0.3, -0.25) is 0 Å². The van der Waals surface area contributed by atoms with Crippen molar-refractivity contribution in [1.29, 1.82) is 0 Å². The molecule has 2 N–H and O–H groups in total. The third-order valence-electron chi connectivity index (χ3n) is 9.46. The van der Waals surface area contributed by atoms with E-state index in [0.717, 1.165) is 89.2 Å². The van der Waals surface area contributed by atoms with Crippen LogP contribution < -0.4 is 0 Å². The Balaban J connectivity index is 1.51. The second-order valence-corrected chi connectivity index (χ2v) is 13.3. The van der Waals surface area contributed by atoms with Crippen LogP contribution in [-0.2, 0) is 4.74 Å². The fourth-order valence-electron chi connectivity index (χ4n) is 7.23. The highest BCUT2D eigenvalue weighted by molar-refractivity contribution is 6.11. The van der Waals surface area contributed by atoms with Crippen LogP contribution in [0.3, 0.4) is 0 Å². The van der Waals surface area contributed by atoms with Crippen molar-refractivity contribution in [2.45, 2.75) is 20.0 Å². The van der Waals surface area contributed by atoms with Gasteiger partial charge in [0.1, 0.15) is 0 Å². The van der Waals surface area contributed by atoms with E-state index >= 15 is 0 Å². The molecule has 5 heterocycles. The number of H-pyrrole nitrogens is 2. The maximum Gasteiger partial charge on any atom is 0.222 e. The number of hydrogen-bond acceptors (Lipinski definition) is 3. The van der Waals surface area contributed by atoms with E-state index in [0.29, 0.717) is 5.90 Å². The van der Waals surface area contributed by atoms with Crippen LogP contribution in [-0.4, -0.2) is 27.0 Å². The number of fused-ring (bicyclic) bond motifs is 8. The second kappa shape index (κ2) is 13.2. The summed E-state index contributed by atoms with van der Waals surface area (Å²) < 4.78 is 6.56. The first-order valence-corrected chi connectivity index (χ1v) is 17.7. The zero-order chi connectivity index (χ0) is 35.0. The van der Waals surface area contributed by atoms with Crippen molar-refractivity contribution in [2.75, 3.05) is 0 Å². The molecule has 5 nitrogen and oxygen atoms in total. The number of hydrogen-bond donors (Lipinski definition) is 2. The van der Waals surface area contributed by atoms with Gasteiger partial charge >= 0.3 is 0 Å². The number of nitrogens with zero attached hydrogens (tertiary/aromatic N) is 2. The summed E-state index contributed by atoms with van der Waals surface area (Å²) in [6.07, 6.45) is 4.18. The highest BCUT2D eigenvalue weighted by Crippen LogP contribution is 2.41. The Labute approximate surface area is 302 Å². The van der Waals surface area contributed by atoms with E-state index in [1.807, 2.05) is 38.1 Å². The standard InChI is InChI=1S/C47H36N4O/c1-30(2)52-47-35-29-42(51-47)46(34-21-13-6-14-22-34)41-28-27-40(50-41)45(33-19-11-5-12-20-33)39-26-25-38(49-39)44(32-17-9-4-10-18-32)37-24-23-36(48-37)43(35)31-15-7-3-8-16-31/h3-30,48,50H,1-2H3. The molecule has 7 aromatic rings. The molecule has 8 bridgehead atoms. The molecule has 0 saturated heterocycles. The maximum absolute atomic E-state index is 6.56. The van der Waals surface area contributed by atoms with Crippen LogP contribution >= 0.6 is 0 Å². The lowest BCUT2D eigenvalue weighted by atomic mass is 10.00. The summed E-state index contributed by atoms with van der Waals surface area (Å²) >= 11 is 0. The Kier molecular flexibility index (Phi) is 7.94. The zero-order valence-electron chi connectivity index (χ0n) is 29.0. The summed E-state index contributed by atoms with van der Waals surface area (Å²) in [6.45, 7) is 4.09. The molecular weight excluding hydrogens is 637 g/mol. The minimum Gasteiger partial charge on any atom is -0.474 e. The molecular formula is C47H36N4O. The molecule has 250 valence electrons. The molecule has 9 rings (SSSR count). The Morgan fingerprint density at radius 1 is 0.462 bits per heavy atom. The molecule has 0 aliphatic carbocycles. The van der Waals surface area contributed by atoms with E-state index in [4.69, 9.17) is 14.7 Å². The fraction of sp³-hybridized carbons (Fsp3) is 0.0638. The molecule has 2 aliphatic heterocycles. The largest absolute Gasteiger partial charge is 0.474 e.